The largest absolute Gasteiger partial charge is 0.379 e. The lowest BCUT2D eigenvalue weighted by atomic mass is 9.53. The number of nitrogens with zero attached hydrogens (tertiary/aromatic N) is 1. The normalized spacial score (nSPS) is 49.4. The summed E-state index contributed by atoms with van der Waals surface area (Å²) in [6.07, 6.45) is 12.0. The summed E-state index contributed by atoms with van der Waals surface area (Å²) in [7, 11) is 0. The first-order valence-corrected chi connectivity index (χ1v) is 12.3. The van der Waals surface area contributed by atoms with Gasteiger partial charge in [-0.15, -0.1) is 0 Å². The van der Waals surface area contributed by atoms with Gasteiger partial charge in [-0.25, -0.2) is 0 Å². The van der Waals surface area contributed by atoms with E-state index in [1.165, 1.54) is 45.1 Å². The minimum absolute atomic E-state index is 0.411. The van der Waals surface area contributed by atoms with Gasteiger partial charge in [-0.05, 0) is 76.3 Å². The molecular formula is C23H38N2O4. The van der Waals surface area contributed by atoms with Crippen LogP contribution in [0, 0.1) is 23.7 Å². The van der Waals surface area contributed by atoms with Crippen molar-refractivity contribution in [3.63, 3.8) is 0 Å². The predicted octanol–water partition coefficient (Wildman–Crippen LogP) is 3.07. The molecule has 2 saturated heterocycles. The van der Waals surface area contributed by atoms with Gasteiger partial charge in [-0.2, -0.15) is 9.78 Å². The predicted molar refractivity (Wildman–Crippen MR) is 108 cm³/mol. The third kappa shape index (κ3) is 3.58. The molecule has 0 aromatic rings. The minimum Gasteiger partial charge on any atom is -0.379 e. The first-order chi connectivity index (χ1) is 14.2. The first kappa shape index (κ1) is 19.4. The van der Waals surface area contributed by atoms with E-state index < -0.39 is 11.6 Å². The second-order valence-electron chi connectivity index (χ2n) is 10.7. The topological polar surface area (TPSA) is 52.2 Å². The SMILES string of the molecule is C(CNC1CCC2(CC1)OOC1(O2)C2CC3CC(C2)CC1C3)CN1CCOCC1. The van der Waals surface area contributed by atoms with Crippen LogP contribution >= 0.6 is 0 Å². The highest BCUT2D eigenvalue weighted by atomic mass is 17.3. The maximum absolute atomic E-state index is 6.82. The zero-order valence-corrected chi connectivity index (χ0v) is 17.8. The fourth-order valence-corrected chi connectivity index (χ4v) is 7.49. The molecule has 5 aliphatic carbocycles. The Morgan fingerprint density at radius 2 is 1.55 bits per heavy atom. The Hall–Kier alpha value is -0.240. The fraction of sp³-hybridized carbons (Fsp3) is 1.00. The summed E-state index contributed by atoms with van der Waals surface area (Å²) in [5.41, 5.74) is 0. The molecule has 7 aliphatic rings. The van der Waals surface area contributed by atoms with Crippen molar-refractivity contribution in [3.8, 4) is 0 Å². The molecule has 0 amide bonds. The highest BCUT2D eigenvalue weighted by Gasteiger charge is 2.66. The van der Waals surface area contributed by atoms with Crippen molar-refractivity contribution >= 4 is 0 Å². The maximum Gasteiger partial charge on any atom is 0.210 e. The number of ether oxygens (including phenoxy) is 2. The average molecular weight is 407 g/mol. The van der Waals surface area contributed by atoms with Gasteiger partial charge in [0.15, 0.2) is 0 Å². The quantitative estimate of drug-likeness (QED) is 0.559. The molecule has 6 nitrogen and oxygen atoms in total. The van der Waals surface area contributed by atoms with Gasteiger partial charge in [-0.1, -0.05) is 0 Å². The summed E-state index contributed by atoms with van der Waals surface area (Å²) in [4.78, 5) is 14.7. The van der Waals surface area contributed by atoms with E-state index >= 15 is 0 Å². The van der Waals surface area contributed by atoms with Gasteiger partial charge in [0.1, 0.15) is 0 Å². The van der Waals surface area contributed by atoms with Gasteiger partial charge in [0.2, 0.25) is 11.6 Å². The van der Waals surface area contributed by atoms with Crippen LogP contribution in [-0.4, -0.2) is 61.9 Å². The molecule has 6 heteroatoms. The lowest BCUT2D eigenvalue weighted by Gasteiger charge is -2.57. The van der Waals surface area contributed by atoms with Crippen LogP contribution in [0.4, 0.5) is 0 Å². The minimum atomic E-state index is -0.471. The van der Waals surface area contributed by atoms with E-state index in [1.54, 1.807) is 0 Å². The summed E-state index contributed by atoms with van der Waals surface area (Å²) >= 11 is 0. The van der Waals surface area contributed by atoms with Crippen LogP contribution in [0.5, 0.6) is 0 Å². The van der Waals surface area contributed by atoms with Gasteiger partial charge in [-0.3, -0.25) is 4.90 Å². The van der Waals surface area contributed by atoms with Crippen molar-refractivity contribution < 1.29 is 19.2 Å². The number of hydrogen-bond donors (Lipinski definition) is 1. The van der Waals surface area contributed by atoms with Gasteiger partial charge >= 0.3 is 0 Å². The van der Waals surface area contributed by atoms with E-state index in [1.807, 2.05) is 0 Å². The summed E-state index contributed by atoms with van der Waals surface area (Å²) in [6, 6.07) is 0.590. The summed E-state index contributed by atoms with van der Waals surface area (Å²) < 4.78 is 12.2. The van der Waals surface area contributed by atoms with Crippen LogP contribution in [0.25, 0.3) is 0 Å². The zero-order valence-electron chi connectivity index (χ0n) is 17.8. The summed E-state index contributed by atoms with van der Waals surface area (Å²) in [6.45, 7) is 6.25. The van der Waals surface area contributed by atoms with Crippen molar-refractivity contribution in [2.24, 2.45) is 23.7 Å². The van der Waals surface area contributed by atoms with Crippen molar-refractivity contribution in [2.75, 3.05) is 39.4 Å². The monoisotopic (exact) mass is 406 g/mol. The average Bonchev–Trinajstić information content (AvgIpc) is 3.11. The molecule has 2 heterocycles. The fourth-order valence-electron chi connectivity index (χ4n) is 7.49. The molecule has 1 N–H and O–H groups in total. The molecule has 2 spiro atoms. The molecule has 0 radical (unpaired) electrons. The molecule has 7 fully saturated rings. The lowest BCUT2D eigenvalue weighted by molar-refractivity contribution is -0.390. The number of nitrogens with one attached hydrogen (secondary N) is 1. The van der Waals surface area contributed by atoms with Crippen molar-refractivity contribution in [1.82, 2.24) is 10.2 Å². The van der Waals surface area contributed by atoms with Crippen LogP contribution < -0.4 is 5.32 Å². The smallest absolute Gasteiger partial charge is 0.210 e. The molecule has 2 aliphatic heterocycles. The molecule has 0 atom stereocenters. The van der Waals surface area contributed by atoms with Gasteiger partial charge < -0.3 is 14.8 Å². The lowest BCUT2D eigenvalue weighted by Crippen LogP contribution is -2.59. The molecular weight excluding hydrogens is 368 g/mol. The van der Waals surface area contributed by atoms with Crippen LogP contribution in [-0.2, 0) is 19.2 Å². The molecule has 164 valence electrons. The Balaban J connectivity index is 0.977. The molecule has 29 heavy (non-hydrogen) atoms. The molecule has 5 saturated carbocycles. The molecule has 4 bridgehead atoms. The van der Waals surface area contributed by atoms with Crippen molar-refractivity contribution in [3.05, 3.63) is 0 Å². The van der Waals surface area contributed by atoms with E-state index in [0.717, 1.165) is 70.4 Å². The van der Waals surface area contributed by atoms with Crippen LogP contribution in [0.2, 0.25) is 0 Å². The Morgan fingerprint density at radius 3 is 2.24 bits per heavy atom. The van der Waals surface area contributed by atoms with Crippen LogP contribution in [0.1, 0.15) is 64.2 Å². The zero-order chi connectivity index (χ0) is 19.3. The van der Waals surface area contributed by atoms with E-state index in [9.17, 15) is 0 Å². The van der Waals surface area contributed by atoms with Crippen molar-refractivity contribution in [1.29, 1.82) is 0 Å². The summed E-state index contributed by atoms with van der Waals surface area (Å²) in [5.74, 6) is 2.09. The third-order valence-corrected chi connectivity index (χ3v) is 8.88. The summed E-state index contributed by atoms with van der Waals surface area (Å²) in [5, 5.41) is 3.78. The van der Waals surface area contributed by atoms with Gasteiger partial charge in [0.05, 0.1) is 13.2 Å². The molecule has 0 unspecified atom stereocenters. The van der Waals surface area contributed by atoms with Gasteiger partial charge in [0.25, 0.3) is 0 Å². The Morgan fingerprint density at radius 1 is 0.862 bits per heavy atom. The molecule has 0 aromatic heterocycles. The Kier molecular flexibility index (Phi) is 5.17. The van der Waals surface area contributed by atoms with E-state index in [2.05, 4.69) is 10.2 Å². The highest BCUT2D eigenvalue weighted by molar-refractivity contribution is 5.05. The molecule has 7 rings (SSSR count). The highest BCUT2D eigenvalue weighted by Crippen LogP contribution is 2.63. The Labute approximate surface area is 174 Å². The van der Waals surface area contributed by atoms with E-state index in [-0.39, 0.29) is 0 Å². The standard InChI is InChI=1S/C23H38N2O4/c1(7-25-8-10-26-11-9-25)6-24-21-2-4-22(5-3-21)27-23(29-28-22)19-13-17-12-18(15-19)16-20(23)14-17/h17-21,24H,1-16H2. The Bertz CT molecular complexity index is 557. The second-order valence-corrected chi connectivity index (χ2v) is 10.7. The first-order valence-electron chi connectivity index (χ1n) is 12.3. The van der Waals surface area contributed by atoms with Crippen LogP contribution in [0.3, 0.4) is 0 Å². The number of morpholine rings is 1. The maximum atomic E-state index is 6.82. The van der Waals surface area contributed by atoms with E-state index in [4.69, 9.17) is 19.2 Å². The second kappa shape index (κ2) is 7.72. The van der Waals surface area contributed by atoms with E-state index in [0.29, 0.717) is 17.9 Å². The number of hydrogen-bond acceptors (Lipinski definition) is 6. The van der Waals surface area contributed by atoms with Crippen LogP contribution in [0.15, 0.2) is 0 Å². The third-order valence-electron chi connectivity index (χ3n) is 8.88. The van der Waals surface area contributed by atoms with Gasteiger partial charge in [0, 0.05) is 43.8 Å². The van der Waals surface area contributed by atoms with Crippen molar-refractivity contribution in [2.45, 2.75) is 81.8 Å². The number of rotatable bonds is 5. The molecule has 0 aromatic carbocycles.